The number of para-hydroxylation sites is 2. The summed E-state index contributed by atoms with van der Waals surface area (Å²) in [6.45, 7) is 0.0689. The molecule has 0 fully saturated rings. The number of amides is 2. The highest BCUT2D eigenvalue weighted by Crippen LogP contribution is 2.30. The minimum Gasteiger partial charge on any atom is -0.485 e. The van der Waals surface area contributed by atoms with Crippen molar-refractivity contribution in [3.63, 3.8) is 0 Å². The molecule has 0 saturated carbocycles. The fourth-order valence-electron chi connectivity index (χ4n) is 1.82. The van der Waals surface area contributed by atoms with Gasteiger partial charge in [-0.3, -0.25) is 20.4 Å². The van der Waals surface area contributed by atoms with Gasteiger partial charge in [0.25, 0.3) is 5.91 Å². The molecule has 0 saturated heterocycles. The SMILES string of the molecule is O=C(NNC(=O)C1COc2ccccc2O1)c1ccco1. The number of hydrogen-bond donors (Lipinski definition) is 2. The molecule has 2 amide bonds. The first-order valence-electron chi connectivity index (χ1n) is 6.26. The monoisotopic (exact) mass is 288 g/mol. The van der Waals surface area contributed by atoms with Gasteiger partial charge in [-0.25, -0.2) is 0 Å². The van der Waals surface area contributed by atoms with Crippen molar-refractivity contribution in [2.75, 3.05) is 6.61 Å². The maximum atomic E-state index is 11.9. The summed E-state index contributed by atoms with van der Waals surface area (Å²) < 4.78 is 15.8. The Hall–Kier alpha value is -2.96. The van der Waals surface area contributed by atoms with Gasteiger partial charge in [-0.1, -0.05) is 12.1 Å². The van der Waals surface area contributed by atoms with E-state index in [0.29, 0.717) is 11.5 Å². The third kappa shape index (κ3) is 2.81. The van der Waals surface area contributed by atoms with Gasteiger partial charge in [0.05, 0.1) is 6.26 Å². The van der Waals surface area contributed by atoms with Crippen molar-refractivity contribution in [2.24, 2.45) is 0 Å². The summed E-state index contributed by atoms with van der Waals surface area (Å²) >= 11 is 0. The second kappa shape index (κ2) is 5.58. The van der Waals surface area contributed by atoms with Crippen LogP contribution in [0, 0.1) is 0 Å². The number of carbonyl (C=O) groups excluding carboxylic acids is 2. The molecule has 1 aliphatic rings. The minimum atomic E-state index is -0.836. The van der Waals surface area contributed by atoms with Crippen LogP contribution in [0.1, 0.15) is 10.6 Å². The summed E-state index contributed by atoms with van der Waals surface area (Å²) in [5.74, 6) is 0.110. The van der Waals surface area contributed by atoms with E-state index in [1.165, 1.54) is 12.3 Å². The number of fused-ring (bicyclic) bond motifs is 1. The van der Waals surface area contributed by atoms with Gasteiger partial charge in [0.1, 0.15) is 6.61 Å². The van der Waals surface area contributed by atoms with E-state index in [9.17, 15) is 9.59 Å². The van der Waals surface area contributed by atoms with Gasteiger partial charge in [0.15, 0.2) is 17.3 Å². The molecular weight excluding hydrogens is 276 g/mol. The fraction of sp³-hybridized carbons (Fsp3) is 0.143. The van der Waals surface area contributed by atoms with Crippen molar-refractivity contribution in [2.45, 2.75) is 6.10 Å². The van der Waals surface area contributed by atoms with Crippen molar-refractivity contribution < 1.29 is 23.5 Å². The second-order valence-corrected chi connectivity index (χ2v) is 4.28. The third-order valence-electron chi connectivity index (χ3n) is 2.85. The van der Waals surface area contributed by atoms with Crippen LogP contribution in [-0.4, -0.2) is 24.5 Å². The molecule has 2 heterocycles. The van der Waals surface area contributed by atoms with E-state index < -0.39 is 17.9 Å². The van der Waals surface area contributed by atoms with Crippen molar-refractivity contribution in [1.82, 2.24) is 10.9 Å². The Bertz CT molecular complexity index is 653. The van der Waals surface area contributed by atoms with Crippen molar-refractivity contribution >= 4 is 11.8 Å². The Morgan fingerprint density at radius 3 is 2.62 bits per heavy atom. The number of rotatable bonds is 2. The molecule has 1 aromatic carbocycles. The number of ether oxygens (including phenoxy) is 2. The zero-order valence-electron chi connectivity index (χ0n) is 10.9. The summed E-state index contributed by atoms with van der Waals surface area (Å²) in [5.41, 5.74) is 4.51. The van der Waals surface area contributed by atoms with Gasteiger partial charge in [0, 0.05) is 0 Å². The number of carbonyl (C=O) groups is 2. The molecule has 1 unspecified atom stereocenters. The molecular formula is C14H12N2O5. The van der Waals surface area contributed by atoms with Crippen LogP contribution in [-0.2, 0) is 4.79 Å². The molecule has 2 N–H and O–H groups in total. The first kappa shape index (κ1) is 13.0. The molecule has 2 aromatic rings. The van der Waals surface area contributed by atoms with E-state index in [-0.39, 0.29) is 12.4 Å². The number of hydrazine groups is 1. The van der Waals surface area contributed by atoms with Gasteiger partial charge in [-0.2, -0.15) is 0 Å². The first-order chi connectivity index (χ1) is 10.2. The molecule has 1 atom stereocenters. The number of furan rings is 1. The average Bonchev–Trinajstić information content (AvgIpc) is 3.06. The zero-order chi connectivity index (χ0) is 14.7. The second-order valence-electron chi connectivity index (χ2n) is 4.28. The van der Waals surface area contributed by atoms with Crippen LogP contribution in [0.5, 0.6) is 11.5 Å². The van der Waals surface area contributed by atoms with Crippen LogP contribution < -0.4 is 20.3 Å². The Labute approximate surface area is 119 Å². The standard InChI is InChI=1S/C14H12N2O5/c17-13(11-6-3-7-19-11)15-16-14(18)12-8-20-9-4-1-2-5-10(9)21-12/h1-7,12H,8H2,(H,15,17)(H,16,18). The van der Waals surface area contributed by atoms with E-state index in [1.807, 2.05) is 6.07 Å². The summed E-state index contributed by atoms with van der Waals surface area (Å²) in [4.78, 5) is 23.5. The number of hydrogen-bond acceptors (Lipinski definition) is 5. The Balaban J connectivity index is 1.56. The van der Waals surface area contributed by atoms with E-state index in [2.05, 4.69) is 10.9 Å². The number of nitrogens with one attached hydrogen (secondary N) is 2. The molecule has 0 spiro atoms. The highest BCUT2D eigenvalue weighted by molar-refractivity contribution is 5.93. The van der Waals surface area contributed by atoms with Gasteiger partial charge in [0.2, 0.25) is 6.10 Å². The largest absolute Gasteiger partial charge is 0.485 e. The van der Waals surface area contributed by atoms with Crippen molar-refractivity contribution in [1.29, 1.82) is 0 Å². The van der Waals surface area contributed by atoms with E-state index in [4.69, 9.17) is 13.9 Å². The van der Waals surface area contributed by atoms with Crippen molar-refractivity contribution in [3.8, 4) is 11.5 Å². The lowest BCUT2D eigenvalue weighted by Gasteiger charge is -2.25. The maximum Gasteiger partial charge on any atom is 0.305 e. The molecule has 108 valence electrons. The van der Waals surface area contributed by atoms with Crippen LogP contribution in [0.15, 0.2) is 47.1 Å². The van der Waals surface area contributed by atoms with Crippen LogP contribution in [0.4, 0.5) is 0 Å². The minimum absolute atomic E-state index is 0.0689. The maximum absolute atomic E-state index is 11.9. The molecule has 7 heteroatoms. The topological polar surface area (TPSA) is 89.8 Å². The Kier molecular flexibility index (Phi) is 3.46. The third-order valence-corrected chi connectivity index (χ3v) is 2.85. The van der Waals surface area contributed by atoms with E-state index in [1.54, 1.807) is 24.3 Å². The molecule has 7 nitrogen and oxygen atoms in total. The quantitative estimate of drug-likeness (QED) is 0.801. The van der Waals surface area contributed by atoms with Gasteiger partial charge in [-0.15, -0.1) is 0 Å². The van der Waals surface area contributed by atoms with Crippen LogP contribution >= 0.6 is 0 Å². The van der Waals surface area contributed by atoms with Gasteiger partial charge in [-0.05, 0) is 24.3 Å². The summed E-state index contributed by atoms with van der Waals surface area (Å²) in [6, 6.07) is 10.1. The molecule has 0 bridgehead atoms. The van der Waals surface area contributed by atoms with E-state index in [0.717, 1.165) is 0 Å². The summed E-state index contributed by atoms with van der Waals surface area (Å²) in [5, 5.41) is 0. The fourth-order valence-corrected chi connectivity index (χ4v) is 1.82. The van der Waals surface area contributed by atoms with Crippen molar-refractivity contribution in [3.05, 3.63) is 48.4 Å². The Morgan fingerprint density at radius 2 is 1.86 bits per heavy atom. The molecule has 21 heavy (non-hydrogen) atoms. The summed E-state index contributed by atoms with van der Waals surface area (Å²) in [6.07, 6.45) is 0.531. The normalized spacial score (nSPS) is 16.1. The highest BCUT2D eigenvalue weighted by Gasteiger charge is 2.27. The predicted molar refractivity (Wildman–Crippen MR) is 70.7 cm³/mol. The van der Waals surface area contributed by atoms with Crippen LogP contribution in [0.25, 0.3) is 0 Å². The van der Waals surface area contributed by atoms with E-state index >= 15 is 0 Å². The van der Waals surface area contributed by atoms with Crippen LogP contribution in [0.2, 0.25) is 0 Å². The predicted octanol–water partition coefficient (Wildman–Crippen LogP) is 0.881. The van der Waals surface area contributed by atoms with Gasteiger partial charge < -0.3 is 13.9 Å². The molecule has 1 aliphatic heterocycles. The van der Waals surface area contributed by atoms with Crippen LogP contribution in [0.3, 0.4) is 0 Å². The van der Waals surface area contributed by atoms with Gasteiger partial charge >= 0.3 is 5.91 Å². The Morgan fingerprint density at radius 1 is 1.05 bits per heavy atom. The lowest BCUT2D eigenvalue weighted by Crippen LogP contribution is -2.50. The summed E-state index contributed by atoms with van der Waals surface area (Å²) in [7, 11) is 0. The molecule has 3 rings (SSSR count). The highest BCUT2D eigenvalue weighted by atomic mass is 16.6. The zero-order valence-corrected chi connectivity index (χ0v) is 10.9. The average molecular weight is 288 g/mol. The lowest BCUT2D eigenvalue weighted by molar-refractivity contribution is -0.131. The first-order valence-corrected chi connectivity index (χ1v) is 6.26. The molecule has 0 aliphatic carbocycles. The number of benzene rings is 1. The molecule has 1 aromatic heterocycles. The lowest BCUT2D eigenvalue weighted by atomic mass is 10.2. The molecule has 0 radical (unpaired) electrons. The smallest absolute Gasteiger partial charge is 0.305 e.